The largest absolute Gasteiger partial charge is 0.475 e. The molecule has 1 aliphatic rings. The smallest absolute Gasteiger partial charge is 0.264 e. The molecular formula is C37H46FN7O4S. The third kappa shape index (κ3) is 9.12. The molecule has 1 amide bonds. The number of halogens is 1. The number of fused-ring (bicyclic) bond motifs is 4. The first-order valence-corrected chi connectivity index (χ1v) is 18.1. The van der Waals surface area contributed by atoms with E-state index in [1.165, 1.54) is 32.0 Å². The molecule has 3 heterocycles. The molecule has 0 aliphatic carbocycles. The third-order valence-corrected chi connectivity index (χ3v) is 9.74. The number of aryl methyl sites for hydroxylation is 2. The molecule has 11 nitrogen and oxygen atoms in total. The zero-order valence-corrected chi connectivity index (χ0v) is 30.8. The average molecular weight is 704 g/mol. The van der Waals surface area contributed by atoms with Crippen LogP contribution in [0.25, 0.3) is 11.3 Å². The van der Waals surface area contributed by atoms with E-state index < -0.39 is 27.6 Å². The van der Waals surface area contributed by atoms with Crippen LogP contribution in [0, 0.1) is 19.3 Å². The van der Waals surface area contributed by atoms with Crippen LogP contribution in [-0.2, 0) is 16.6 Å². The lowest BCUT2D eigenvalue weighted by atomic mass is 9.88. The van der Waals surface area contributed by atoms with Gasteiger partial charge in [-0.25, -0.2) is 27.5 Å². The summed E-state index contributed by atoms with van der Waals surface area (Å²) >= 11 is 0. The highest BCUT2D eigenvalue weighted by atomic mass is 32.2. The number of hydrogen-bond donors (Lipinski definition) is 1. The van der Waals surface area contributed by atoms with E-state index in [0.717, 1.165) is 23.1 Å². The summed E-state index contributed by atoms with van der Waals surface area (Å²) in [7, 11) is -2.47. The van der Waals surface area contributed by atoms with Crippen LogP contribution in [0.4, 0.5) is 16.2 Å². The number of alkyl halides is 1. The fraction of sp³-hybridized carbons (Fsp3) is 0.432. The Morgan fingerprint density at radius 1 is 1.00 bits per heavy atom. The lowest BCUT2D eigenvalue weighted by molar-refractivity contribution is 0.0549. The summed E-state index contributed by atoms with van der Waals surface area (Å²) in [6, 6.07) is 13.0. The van der Waals surface area contributed by atoms with Crippen LogP contribution in [0.15, 0.2) is 65.8 Å². The molecule has 0 spiro atoms. The number of aromatic nitrogens is 4. The molecule has 266 valence electrons. The predicted octanol–water partition coefficient (Wildman–Crippen LogP) is 6.77. The number of anilines is 2. The fourth-order valence-corrected chi connectivity index (χ4v) is 6.97. The molecule has 1 aliphatic heterocycles. The van der Waals surface area contributed by atoms with Gasteiger partial charge in [-0.2, -0.15) is 4.98 Å². The third-order valence-electron chi connectivity index (χ3n) is 8.42. The van der Waals surface area contributed by atoms with Crippen LogP contribution in [0.2, 0.25) is 0 Å². The summed E-state index contributed by atoms with van der Waals surface area (Å²) in [5.41, 5.74) is 2.38. The molecule has 2 aromatic heterocycles. The lowest BCUT2D eigenvalue weighted by Crippen LogP contribution is -2.44. The van der Waals surface area contributed by atoms with E-state index in [9.17, 15) is 17.6 Å². The molecule has 0 saturated heterocycles. The summed E-state index contributed by atoms with van der Waals surface area (Å²) in [4.78, 5) is 35.9. The highest BCUT2D eigenvalue weighted by Crippen LogP contribution is 2.31. The van der Waals surface area contributed by atoms with Gasteiger partial charge in [0.1, 0.15) is 18.1 Å². The Balaban J connectivity index is 1.63. The molecular weight excluding hydrogens is 658 g/mol. The quantitative estimate of drug-likeness (QED) is 0.211. The molecule has 5 rings (SSSR count). The van der Waals surface area contributed by atoms with Gasteiger partial charge in [0.15, 0.2) is 0 Å². The fourth-order valence-electron chi connectivity index (χ4n) is 5.98. The van der Waals surface area contributed by atoms with Gasteiger partial charge in [0, 0.05) is 24.2 Å². The maximum atomic E-state index is 14.5. The number of nitrogens with one attached hydrogen (secondary N) is 1. The van der Waals surface area contributed by atoms with Gasteiger partial charge in [0.2, 0.25) is 11.8 Å². The first-order valence-electron chi connectivity index (χ1n) is 16.6. The minimum atomic E-state index is -4.21. The second-order valence-electron chi connectivity index (χ2n) is 14.8. The Kier molecular flexibility index (Phi) is 10.5. The zero-order chi connectivity index (χ0) is 36.4. The van der Waals surface area contributed by atoms with Crippen LogP contribution < -0.4 is 14.4 Å². The van der Waals surface area contributed by atoms with Gasteiger partial charge in [0.25, 0.3) is 15.9 Å². The van der Waals surface area contributed by atoms with Crippen molar-refractivity contribution in [2.24, 2.45) is 5.41 Å². The zero-order valence-electron chi connectivity index (χ0n) is 30.0. The van der Waals surface area contributed by atoms with Gasteiger partial charge >= 0.3 is 0 Å². The molecule has 2 aromatic carbocycles. The number of carbonyl (C=O) groups is 1. The van der Waals surface area contributed by atoms with Crippen molar-refractivity contribution in [1.29, 1.82) is 0 Å². The Labute approximate surface area is 294 Å². The second-order valence-corrected chi connectivity index (χ2v) is 16.4. The van der Waals surface area contributed by atoms with Gasteiger partial charge in [-0.05, 0) is 75.3 Å². The Morgan fingerprint density at radius 2 is 1.70 bits per heavy atom. The Bertz CT molecular complexity index is 1960. The van der Waals surface area contributed by atoms with Crippen molar-refractivity contribution in [3.05, 3.63) is 83.3 Å². The summed E-state index contributed by atoms with van der Waals surface area (Å²) in [6.45, 7) is 13.5. The topological polar surface area (TPSA) is 131 Å². The number of sulfonamides is 1. The number of hydrogen-bond acceptors (Lipinski definition) is 9. The second kappa shape index (κ2) is 14.3. The minimum Gasteiger partial charge on any atom is -0.475 e. The highest BCUT2D eigenvalue weighted by Gasteiger charge is 2.30. The van der Waals surface area contributed by atoms with E-state index in [2.05, 4.69) is 40.4 Å². The van der Waals surface area contributed by atoms with Crippen molar-refractivity contribution < 1.29 is 22.3 Å². The van der Waals surface area contributed by atoms with E-state index in [1.54, 1.807) is 41.4 Å². The van der Waals surface area contributed by atoms with Gasteiger partial charge in [-0.3, -0.25) is 9.78 Å². The molecule has 50 heavy (non-hydrogen) atoms. The van der Waals surface area contributed by atoms with Crippen molar-refractivity contribution in [2.45, 2.75) is 84.5 Å². The van der Waals surface area contributed by atoms with E-state index >= 15 is 0 Å². The van der Waals surface area contributed by atoms with Gasteiger partial charge < -0.3 is 14.5 Å². The van der Waals surface area contributed by atoms with Crippen LogP contribution in [0.1, 0.15) is 74.6 Å². The predicted molar refractivity (Wildman–Crippen MR) is 193 cm³/mol. The number of nitrogens with zero attached hydrogens (tertiary/aromatic N) is 6. The molecule has 4 bridgehead atoms. The van der Waals surface area contributed by atoms with E-state index in [-0.39, 0.29) is 47.4 Å². The standard InChI is InChI=1S/C37H46FN7O4S/c1-24-11-9-12-25(2)33(24)30-18-32-42-35(41-30)43-50(47,48)29-14-10-13-26(17-29)34(46)45(28(22-49-32)15-16-36(3,4)5)21-27-19-39-20-31(40-27)44(8)23-37(6,7)38/h9-14,17-20,28H,15-16,21-23H2,1-8H3,(H,41,42,43)/t28-/m1/s1. The SMILES string of the molecule is Cc1cccc(C)c1-c1cc2nc(n1)NS(=O)(=O)c1cccc(c1)C(=O)N(Cc1cncc(N(C)CC(C)(C)F)n1)[C@H](CCC(C)(C)C)CO2. The Morgan fingerprint density at radius 3 is 2.38 bits per heavy atom. The summed E-state index contributed by atoms with van der Waals surface area (Å²) < 4.78 is 50.8. The van der Waals surface area contributed by atoms with E-state index in [1.807, 2.05) is 32.0 Å². The van der Waals surface area contributed by atoms with Crippen molar-refractivity contribution in [1.82, 2.24) is 24.8 Å². The number of carbonyl (C=O) groups excluding carboxylic acids is 1. The van der Waals surface area contributed by atoms with Gasteiger partial charge in [0.05, 0.1) is 47.8 Å². The van der Waals surface area contributed by atoms with Crippen LogP contribution in [-0.4, -0.2) is 71.1 Å². The minimum absolute atomic E-state index is 0.0443. The number of amides is 1. The van der Waals surface area contributed by atoms with Crippen LogP contribution in [0.5, 0.6) is 5.88 Å². The van der Waals surface area contributed by atoms with Gasteiger partial charge in [-0.15, -0.1) is 0 Å². The summed E-state index contributed by atoms with van der Waals surface area (Å²) in [6.07, 6.45) is 4.45. The highest BCUT2D eigenvalue weighted by molar-refractivity contribution is 7.92. The monoisotopic (exact) mass is 703 g/mol. The molecule has 0 unspecified atom stereocenters. The summed E-state index contributed by atoms with van der Waals surface area (Å²) in [5, 5.41) is 0. The van der Waals surface area contributed by atoms with Crippen LogP contribution >= 0.6 is 0 Å². The van der Waals surface area contributed by atoms with Crippen molar-refractivity contribution in [3.63, 3.8) is 0 Å². The first kappa shape index (κ1) is 36.6. The molecule has 4 aromatic rings. The summed E-state index contributed by atoms with van der Waals surface area (Å²) in [5.74, 6) is 0.0719. The van der Waals surface area contributed by atoms with E-state index in [0.29, 0.717) is 23.6 Å². The maximum Gasteiger partial charge on any atom is 0.264 e. The molecule has 13 heteroatoms. The molecule has 0 fully saturated rings. The molecule has 1 N–H and O–H groups in total. The van der Waals surface area contributed by atoms with Crippen LogP contribution in [0.3, 0.4) is 0 Å². The van der Waals surface area contributed by atoms with E-state index in [4.69, 9.17) is 9.72 Å². The van der Waals surface area contributed by atoms with Crippen molar-refractivity contribution in [3.8, 4) is 17.1 Å². The maximum absolute atomic E-state index is 14.5. The Hall–Kier alpha value is -4.65. The normalized spacial score (nSPS) is 16.4. The lowest BCUT2D eigenvalue weighted by Gasteiger charge is -2.33. The first-order chi connectivity index (χ1) is 23.4. The molecule has 1 atom stereocenters. The molecule has 0 saturated carbocycles. The average Bonchev–Trinajstić information content (AvgIpc) is 3.02. The number of ether oxygens (including phenoxy) is 1. The number of benzene rings is 2. The number of rotatable bonds is 8. The van der Waals surface area contributed by atoms with Gasteiger partial charge in [-0.1, -0.05) is 45.0 Å². The van der Waals surface area contributed by atoms with Crippen molar-refractivity contribution in [2.75, 3.05) is 29.8 Å². The van der Waals surface area contributed by atoms with Crippen molar-refractivity contribution >= 4 is 27.7 Å². The molecule has 0 radical (unpaired) electrons.